The molecule has 0 aromatic heterocycles. The molecule has 1 aliphatic heterocycles. The Balaban J connectivity index is 1.74. The topological polar surface area (TPSA) is 58.4 Å². The highest BCUT2D eigenvalue weighted by atomic mass is 16.1. The van der Waals surface area contributed by atoms with E-state index in [1.54, 1.807) is 0 Å². The molecule has 0 spiro atoms. The lowest BCUT2D eigenvalue weighted by atomic mass is 9.77. The summed E-state index contributed by atoms with van der Waals surface area (Å²) in [5.41, 5.74) is 5.99. The second-order valence-electron chi connectivity index (χ2n) is 6.45. The molecule has 1 saturated carbocycles. The van der Waals surface area contributed by atoms with E-state index in [0.717, 1.165) is 38.9 Å². The van der Waals surface area contributed by atoms with Crippen LogP contribution >= 0.6 is 0 Å². The summed E-state index contributed by atoms with van der Waals surface area (Å²) in [6.45, 7) is 8.67. The van der Waals surface area contributed by atoms with Crippen LogP contribution in [0, 0.1) is 17.8 Å². The van der Waals surface area contributed by atoms with E-state index < -0.39 is 0 Å². The van der Waals surface area contributed by atoms with Gasteiger partial charge in [0.25, 0.3) is 0 Å². The highest BCUT2D eigenvalue weighted by Crippen LogP contribution is 2.29. The molecule has 1 amide bonds. The Hall–Kier alpha value is -0.610. The van der Waals surface area contributed by atoms with Gasteiger partial charge in [0.15, 0.2) is 0 Å². The zero-order valence-corrected chi connectivity index (χ0v) is 12.4. The maximum atomic E-state index is 12.3. The monoisotopic (exact) mass is 267 g/mol. The second-order valence-corrected chi connectivity index (χ2v) is 6.45. The van der Waals surface area contributed by atoms with Crippen LogP contribution in [0.4, 0.5) is 0 Å². The quantitative estimate of drug-likeness (QED) is 0.805. The number of rotatable bonds is 4. The molecule has 3 N–H and O–H groups in total. The average molecular weight is 267 g/mol. The first-order valence-electron chi connectivity index (χ1n) is 7.85. The maximum Gasteiger partial charge on any atom is 0.223 e. The van der Waals surface area contributed by atoms with Gasteiger partial charge in [0.05, 0.1) is 0 Å². The number of carbonyl (C=O) groups is 1. The van der Waals surface area contributed by atoms with Gasteiger partial charge in [0.1, 0.15) is 0 Å². The molecule has 1 saturated heterocycles. The van der Waals surface area contributed by atoms with Crippen molar-refractivity contribution in [3.05, 3.63) is 0 Å². The van der Waals surface area contributed by atoms with Crippen molar-refractivity contribution in [2.24, 2.45) is 23.5 Å². The van der Waals surface area contributed by atoms with Crippen LogP contribution in [-0.4, -0.2) is 43.0 Å². The van der Waals surface area contributed by atoms with Crippen LogP contribution in [0.1, 0.15) is 39.5 Å². The summed E-state index contributed by atoms with van der Waals surface area (Å²) < 4.78 is 0. The number of hydrogen-bond acceptors (Lipinski definition) is 3. The van der Waals surface area contributed by atoms with E-state index in [9.17, 15) is 4.79 Å². The van der Waals surface area contributed by atoms with Crippen LogP contribution < -0.4 is 11.1 Å². The summed E-state index contributed by atoms with van der Waals surface area (Å²) >= 11 is 0. The molecule has 4 nitrogen and oxygen atoms in total. The van der Waals surface area contributed by atoms with E-state index in [-0.39, 0.29) is 17.9 Å². The molecular weight excluding hydrogens is 238 g/mol. The normalized spacial score (nSPS) is 36.4. The summed E-state index contributed by atoms with van der Waals surface area (Å²) in [6, 6.07) is 0.217. The highest BCUT2D eigenvalue weighted by molar-refractivity contribution is 5.79. The van der Waals surface area contributed by atoms with E-state index in [1.807, 2.05) is 0 Å². The van der Waals surface area contributed by atoms with E-state index in [1.165, 1.54) is 13.0 Å². The summed E-state index contributed by atoms with van der Waals surface area (Å²) in [6.07, 6.45) is 4.23. The number of nitrogens with zero attached hydrogens (tertiary/aromatic N) is 1. The molecule has 2 rings (SSSR count). The zero-order chi connectivity index (χ0) is 13.8. The Morgan fingerprint density at radius 3 is 2.84 bits per heavy atom. The van der Waals surface area contributed by atoms with Crippen molar-refractivity contribution in [1.82, 2.24) is 10.2 Å². The predicted octanol–water partition coefficient (Wildman–Crippen LogP) is 1.21. The number of nitrogens with one attached hydrogen (secondary N) is 1. The van der Waals surface area contributed by atoms with Gasteiger partial charge in [-0.1, -0.05) is 13.8 Å². The molecule has 4 atom stereocenters. The number of hydrogen-bond donors (Lipinski definition) is 2. The standard InChI is InChI=1S/C15H29N3O/c1-3-18-7-6-12(10-18)9-17-15(19)14-8-13(16)5-4-11(14)2/h11-14H,3-10,16H2,1-2H3,(H,17,19). The smallest absolute Gasteiger partial charge is 0.223 e. The Labute approximate surface area is 117 Å². The van der Waals surface area contributed by atoms with Crippen molar-refractivity contribution >= 4 is 5.91 Å². The zero-order valence-electron chi connectivity index (χ0n) is 12.4. The molecule has 1 aliphatic carbocycles. The first-order valence-corrected chi connectivity index (χ1v) is 7.85. The molecule has 0 aromatic rings. The van der Waals surface area contributed by atoms with Gasteiger partial charge in [0.2, 0.25) is 5.91 Å². The van der Waals surface area contributed by atoms with Crippen molar-refractivity contribution < 1.29 is 4.79 Å². The minimum absolute atomic E-state index is 0.132. The summed E-state index contributed by atoms with van der Waals surface area (Å²) in [4.78, 5) is 14.7. The Morgan fingerprint density at radius 2 is 2.16 bits per heavy atom. The minimum atomic E-state index is 0.132. The molecule has 2 aliphatic rings. The predicted molar refractivity (Wildman–Crippen MR) is 77.7 cm³/mol. The molecule has 4 unspecified atom stereocenters. The molecule has 0 bridgehead atoms. The van der Waals surface area contributed by atoms with Crippen molar-refractivity contribution in [1.29, 1.82) is 0 Å². The van der Waals surface area contributed by atoms with Gasteiger partial charge in [-0.25, -0.2) is 0 Å². The van der Waals surface area contributed by atoms with Gasteiger partial charge < -0.3 is 16.0 Å². The van der Waals surface area contributed by atoms with Crippen LogP contribution in [0.2, 0.25) is 0 Å². The van der Waals surface area contributed by atoms with Gasteiger partial charge in [-0.3, -0.25) is 4.79 Å². The lowest BCUT2D eigenvalue weighted by molar-refractivity contribution is -0.127. The van der Waals surface area contributed by atoms with Gasteiger partial charge in [-0.2, -0.15) is 0 Å². The van der Waals surface area contributed by atoms with Gasteiger partial charge in [0, 0.05) is 25.0 Å². The van der Waals surface area contributed by atoms with Crippen LogP contribution in [0.3, 0.4) is 0 Å². The molecule has 4 heteroatoms. The van der Waals surface area contributed by atoms with E-state index >= 15 is 0 Å². The van der Waals surface area contributed by atoms with Crippen LogP contribution in [0.15, 0.2) is 0 Å². The number of nitrogens with two attached hydrogens (primary N) is 1. The van der Waals surface area contributed by atoms with E-state index in [2.05, 4.69) is 24.1 Å². The highest BCUT2D eigenvalue weighted by Gasteiger charge is 2.31. The Bertz CT molecular complexity index is 308. The lowest BCUT2D eigenvalue weighted by Crippen LogP contribution is -2.43. The largest absolute Gasteiger partial charge is 0.356 e. The molecule has 0 aromatic carbocycles. The molecule has 2 fully saturated rings. The van der Waals surface area contributed by atoms with Crippen molar-refractivity contribution in [3.8, 4) is 0 Å². The lowest BCUT2D eigenvalue weighted by Gasteiger charge is -2.31. The average Bonchev–Trinajstić information content (AvgIpc) is 2.87. The number of carbonyl (C=O) groups excluding carboxylic acids is 1. The van der Waals surface area contributed by atoms with E-state index in [0.29, 0.717) is 11.8 Å². The molecule has 1 heterocycles. The van der Waals surface area contributed by atoms with Crippen molar-refractivity contribution in [2.75, 3.05) is 26.2 Å². The summed E-state index contributed by atoms with van der Waals surface area (Å²) in [5.74, 6) is 1.48. The van der Waals surface area contributed by atoms with Crippen LogP contribution in [0.5, 0.6) is 0 Å². The molecular formula is C15H29N3O. The summed E-state index contributed by atoms with van der Waals surface area (Å²) in [5, 5.41) is 3.17. The fourth-order valence-electron chi connectivity index (χ4n) is 3.46. The van der Waals surface area contributed by atoms with Gasteiger partial charge >= 0.3 is 0 Å². The molecule has 19 heavy (non-hydrogen) atoms. The van der Waals surface area contributed by atoms with Crippen LogP contribution in [-0.2, 0) is 4.79 Å². The van der Waals surface area contributed by atoms with E-state index in [4.69, 9.17) is 5.73 Å². The first kappa shape index (κ1) is 14.8. The summed E-state index contributed by atoms with van der Waals surface area (Å²) in [7, 11) is 0. The SMILES string of the molecule is CCN1CCC(CNC(=O)C2CC(N)CCC2C)C1. The molecule has 0 radical (unpaired) electrons. The Morgan fingerprint density at radius 1 is 1.37 bits per heavy atom. The third-order valence-corrected chi connectivity index (χ3v) is 4.96. The van der Waals surface area contributed by atoms with Crippen LogP contribution in [0.25, 0.3) is 0 Å². The van der Waals surface area contributed by atoms with Gasteiger partial charge in [-0.05, 0) is 50.6 Å². The first-order chi connectivity index (χ1) is 9.10. The van der Waals surface area contributed by atoms with Gasteiger partial charge in [-0.15, -0.1) is 0 Å². The maximum absolute atomic E-state index is 12.3. The second kappa shape index (κ2) is 6.71. The third kappa shape index (κ3) is 3.93. The Kier molecular flexibility index (Phi) is 5.22. The number of amides is 1. The van der Waals surface area contributed by atoms with Crippen molar-refractivity contribution in [3.63, 3.8) is 0 Å². The fourth-order valence-corrected chi connectivity index (χ4v) is 3.46. The fraction of sp³-hybridized carbons (Fsp3) is 0.933. The minimum Gasteiger partial charge on any atom is -0.356 e. The number of likely N-dealkylation sites (tertiary alicyclic amines) is 1. The third-order valence-electron chi connectivity index (χ3n) is 4.96. The van der Waals surface area contributed by atoms with Crippen molar-refractivity contribution in [2.45, 2.75) is 45.6 Å². The molecule has 110 valence electrons.